The van der Waals surface area contributed by atoms with Crippen LogP contribution in [-0.4, -0.2) is 47.0 Å². The maximum absolute atomic E-state index is 13.8. The molecular weight excluding hydrogens is 520 g/mol. The number of alkyl halides is 2. The molecule has 0 spiro atoms. The number of benzene rings is 2. The van der Waals surface area contributed by atoms with Crippen molar-refractivity contribution in [2.24, 2.45) is 0 Å². The smallest absolute Gasteiger partial charge is 0.497 e. The number of fused-ring (bicyclic) bond motifs is 3. The lowest BCUT2D eigenvalue weighted by Gasteiger charge is -2.34. The molecule has 3 aromatic rings. The Balaban J connectivity index is 1.30. The van der Waals surface area contributed by atoms with E-state index in [-0.39, 0.29) is 36.0 Å². The molecule has 0 radical (unpaired) electrons. The maximum Gasteiger partial charge on any atom is 0.586 e. The monoisotopic (exact) mass is 541 g/mol. The van der Waals surface area contributed by atoms with Crippen LogP contribution in [0.15, 0.2) is 42.7 Å². The summed E-state index contributed by atoms with van der Waals surface area (Å²) in [6.45, 7) is 1.62. The highest BCUT2D eigenvalue weighted by Crippen LogP contribution is 2.50. The van der Waals surface area contributed by atoms with Gasteiger partial charge < -0.3 is 34.1 Å². The van der Waals surface area contributed by atoms with Crippen LogP contribution >= 0.6 is 0 Å². The number of carboxylic acids is 1. The van der Waals surface area contributed by atoms with E-state index in [9.17, 15) is 18.4 Å². The van der Waals surface area contributed by atoms with Gasteiger partial charge in [-0.2, -0.15) is 0 Å². The minimum Gasteiger partial charge on any atom is -0.497 e. The Morgan fingerprint density at radius 1 is 1.08 bits per heavy atom. The lowest BCUT2D eigenvalue weighted by atomic mass is 9.82. The molecule has 3 aliphatic heterocycles. The van der Waals surface area contributed by atoms with Gasteiger partial charge in [0.05, 0.1) is 31.2 Å². The molecule has 13 heteroatoms. The first kappa shape index (κ1) is 24.6. The van der Waals surface area contributed by atoms with Gasteiger partial charge >= 0.3 is 12.3 Å². The van der Waals surface area contributed by atoms with Crippen molar-refractivity contribution in [2.45, 2.75) is 37.2 Å². The molecular formula is C26H21F2N3O8. The number of nitrogens with one attached hydrogen (secondary N) is 1. The van der Waals surface area contributed by atoms with E-state index in [1.165, 1.54) is 25.4 Å². The Bertz CT molecular complexity index is 1500. The number of hydrogen-bond donors (Lipinski definition) is 2. The molecule has 4 heterocycles. The number of carbonyl (C=O) groups is 2. The Labute approximate surface area is 219 Å². The standard InChI is InChI=1S/C26H21F2N3O8/c1-25(11-36-19-8-22-21(6-14(19)25)38-26(27,28)39-22)24(34)31-15-7-20(16-9-30-17(10-29-16)23(32)33)37-18-5-12(35-2)3-4-13(15)18/h3-6,8-10,15,20H,7,11H2,1-2H3,(H,31,34)(H,32,33)/t15-,20-,25+/m1/s1. The Kier molecular flexibility index (Phi) is 5.49. The third-order valence-corrected chi connectivity index (χ3v) is 6.96. The third kappa shape index (κ3) is 4.19. The number of aromatic carboxylic acids is 1. The van der Waals surface area contributed by atoms with Crippen molar-refractivity contribution in [3.63, 3.8) is 0 Å². The van der Waals surface area contributed by atoms with E-state index in [2.05, 4.69) is 24.8 Å². The van der Waals surface area contributed by atoms with E-state index in [1.807, 2.05) is 0 Å². The third-order valence-electron chi connectivity index (χ3n) is 6.96. The van der Waals surface area contributed by atoms with Crippen molar-refractivity contribution in [2.75, 3.05) is 13.7 Å². The topological polar surface area (TPSA) is 138 Å². The molecule has 6 rings (SSSR count). The van der Waals surface area contributed by atoms with Gasteiger partial charge in [0, 0.05) is 29.7 Å². The molecule has 1 aromatic heterocycles. The fraction of sp³-hybridized carbons (Fsp3) is 0.308. The van der Waals surface area contributed by atoms with E-state index >= 15 is 0 Å². The van der Waals surface area contributed by atoms with Crippen molar-refractivity contribution in [3.8, 4) is 28.7 Å². The van der Waals surface area contributed by atoms with Crippen LogP contribution in [0.25, 0.3) is 0 Å². The average molecular weight is 541 g/mol. The highest BCUT2D eigenvalue weighted by molar-refractivity contribution is 5.90. The Hall–Kier alpha value is -4.68. The molecule has 202 valence electrons. The molecule has 1 amide bonds. The van der Waals surface area contributed by atoms with Gasteiger partial charge in [-0.15, -0.1) is 8.78 Å². The lowest BCUT2D eigenvalue weighted by molar-refractivity contribution is -0.286. The van der Waals surface area contributed by atoms with Crippen LogP contribution in [0.2, 0.25) is 0 Å². The molecule has 3 aliphatic rings. The highest BCUT2D eigenvalue weighted by atomic mass is 19.3. The quantitative estimate of drug-likeness (QED) is 0.493. The lowest BCUT2D eigenvalue weighted by Crippen LogP contribution is -2.46. The van der Waals surface area contributed by atoms with E-state index < -0.39 is 35.7 Å². The minimum absolute atomic E-state index is 0.0301. The van der Waals surface area contributed by atoms with Crippen LogP contribution in [0, 0.1) is 0 Å². The van der Waals surface area contributed by atoms with Gasteiger partial charge in [0.1, 0.15) is 35.4 Å². The molecule has 0 saturated carbocycles. The molecule has 2 aromatic carbocycles. The summed E-state index contributed by atoms with van der Waals surface area (Å²) in [7, 11) is 1.51. The number of halogens is 2. The van der Waals surface area contributed by atoms with Crippen molar-refractivity contribution in [1.82, 2.24) is 15.3 Å². The molecule has 11 nitrogen and oxygen atoms in total. The van der Waals surface area contributed by atoms with Gasteiger partial charge in [-0.25, -0.2) is 9.78 Å². The summed E-state index contributed by atoms with van der Waals surface area (Å²) in [6.07, 6.45) is -1.76. The van der Waals surface area contributed by atoms with Crippen LogP contribution < -0.4 is 29.0 Å². The summed E-state index contributed by atoms with van der Waals surface area (Å²) in [6, 6.07) is 7.25. The first-order chi connectivity index (χ1) is 18.6. The Morgan fingerprint density at radius 2 is 1.85 bits per heavy atom. The van der Waals surface area contributed by atoms with E-state index in [0.717, 1.165) is 6.20 Å². The summed E-state index contributed by atoms with van der Waals surface area (Å²) in [5.41, 5.74) is 0.00184. The number of ether oxygens (including phenoxy) is 5. The second-order valence-electron chi connectivity index (χ2n) is 9.49. The van der Waals surface area contributed by atoms with Crippen molar-refractivity contribution in [3.05, 3.63) is 65.2 Å². The molecule has 0 aliphatic carbocycles. The number of carboxylic acid groups (broad SMARTS) is 1. The molecule has 3 atom stereocenters. The number of nitrogens with zero attached hydrogens (tertiary/aromatic N) is 2. The average Bonchev–Trinajstić information content (AvgIpc) is 3.41. The summed E-state index contributed by atoms with van der Waals surface area (Å²) >= 11 is 0. The number of amides is 1. The number of hydrogen-bond acceptors (Lipinski definition) is 9. The zero-order chi connectivity index (χ0) is 27.5. The summed E-state index contributed by atoms with van der Waals surface area (Å²) < 4.78 is 53.4. The molecule has 0 unspecified atom stereocenters. The van der Waals surface area contributed by atoms with Crippen molar-refractivity contribution < 1.29 is 47.2 Å². The zero-order valence-electron chi connectivity index (χ0n) is 20.6. The molecule has 0 saturated heterocycles. The predicted molar refractivity (Wildman–Crippen MR) is 126 cm³/mol. The van der Waals surface area contributed by atoms with Crippen LogP contribution in [0.4, 0.5) is 8.78 Å². The minimum atomic E-state index is -3.80. The van der Waals surface area contributed by atoms with Gasteiger partial charge in [-0.3, -0.25) is 9.78 Å². The fourth-order valence-corrected chi connectivity index (χ4v) is 4.84. The number of aromatic nitrogens is 2. The first-order valence-electron chi connectivity index (χ1n) is 11.8. The van der Waals surface area contributed by atoms with Crippen LogP contribution in [0.5, 0.6) is 28.7 Å². The van der Waals surface area contributed by atoms with E-state index in [0.29, 0.717) is 28.3 Å². The number of carbonyl (C=O) groups excluding carboxylic acids is 1. The zero-order valence-corrected chi connectivity index (χ0v) is 20.6. The molecule has 39 heavy (non-hydrogen) atoms. The number of rotatable bonds is 5. The van der Waals surface area contributed by atoms with Crippen LogP contribution in [-0.2, 0) is 10.2 Å². The highest BCUT2D eigenvalue weighted by Gasteiger charge is 2.49. The summed E-state index contributed by atoms with van der Waals surface area (Å²) in [4.78, 5) is 33.0. The largest absolute Gasteiger partial charge is 0.586 e. The Morgan fingerprint density at radius 3 is 2.54 bits per heavy atom. The normalized spacial score (nSPS) is 23.6. The number of methoxy groups -OCH3 is 1. The van der Waals surface area contributed by atoms with Crippen LogP contribution in [0.1, 0.15) is 52.8 Å². The molecule has 0 bridgehead atoms. The first-order valence-corrected chi connectivity index (χ1v) is 11.8. The van der Waals surface area contributed by atoms with Gasteiger partial charge in [0.25, 0.3) is 0 Å². The fourth-order valence-electron chi connectivity index (χ4n) is 4.84. The van der Waals surface area contributed by atoms with Gasteiger partial charge in [0.2, 0.25) is 5.91 Å². The van der Waals surface area contributed by atoms with Gasteiger partial charge in [0.15, 0.2) is 17.2 Å². The van der Waals surface area contributed by atoms with E-state index in [4.69, 9.17) is 19.3 Å². The van der Waals surface area contributed by atoms with E-state index in [1.54, 1.807) is 25.1 Å². The molecule has 0 fully saturated rings. The van der Waals surface area contributed by atoms with Gasteiger partial charge in [-0.05, 0) is 25.1 Å². The molecule has 2 N–H and O–H groups in total. The van der Waals surface area contributed by atoms with Gasteiger partial charge in [-0.1, -0.05) is 0 Å². The second kappa shape index (κ2) is 8.68. The summed E-state index contributed by atoms with van der Waals surface area (Å²) in [5, 5.41) is 12.2. The SMILES string of the molecule is COc1ccc2c(c1)O[C@@H](c1cnc(C(=O)O)cn1)C[C@H]2NC(=O)[C@@]1(C)COc2cc3c(cc21)OC(F)(F)O3. The second-order valence-corrected chi connectivity index (χ2v) is 9.49. The predicted octanol–water partition coefficient (Wildman–Crippen LogP) is 3.54. The summed E-state index contributed by atoms with van der Waals surface area (Å²) in [5.74, 6) is -0.757. The van der Waals surface area contributed by atoms with Crippen molar-refractivity contribution in [1.29, 1.82) is 0 Å². The maximum atomic E-state index is 13.8. The van der Waals surface area contributed by atoms with Crippen molar-refractivity contribution >= 4 is 11.9 Å². The van der Waals surface area contributed by atoms with Crippen LogP contribution in [0.3, 0.4) is 0 Å².